The van der Waals surface area contributed by atoms with E-state index in [1.807, 2.05) is 47.7 Å². The van der Waals surface area contributed by atoms with Crippen LogP contribution in [0.15, 0.2) is 66.0 Å². The lowest BCUT2D eigenvalue weighted by atomic mass is 9.86. The van der Waals surface area contributed by atoms with Gasteiger partial charge in [-0.2, -0.15) is 5.10 Å². The van der Waals surface area contributed by atoms with E-state index in [0.717, 1.165) is 28.7 Å². The van der Waals surface area contributed by atoms with Crippen LogP contribution in [0.3, 0.4) is 0 Å². The minimum atomic E-state index is -0.373. The summed E-state index contributed by atoms with van der Waals surface area (Å²) in [6.45, 7) is 6.49. The Labute approximate surface area is 246 Å². The molecule has 2 aromatic carbocycles. The Morgan fingerprint density at radius 1 is 1.05 bits per heavy atom. The number of nitrogens with one attached hydrogen (secondary N) is 2. The van der Waals surface area contributed by atoms with Crippen molar-refractivity contribution in [2.75, 3.05) is 24.5 Å². The fourth-order valence-corrected chi connectivity index (χ4v) is 6.38. The van der Waals surface area contributed by atoms with E-state index in [1.54, 1.807) is 18.5 Å². The molecule has 2 fully saturated rings. The van der Waals surface area contributed by atoms with Crippen molar-refractivity contribution < 1.29 is 13.9 Å². The van der Waals surface area contributed by atoms with Crippen LogP contribution < -0.4 is 15.3 Å². The molecule has 12 heteroatoms. The van der Waals surface area contributed by atoms with Crippen LogP contribution in [0.2, 0.25) is 0 Å². The second-order valence-electron chi connectivity index (χ2n) is 11.8. The number of aromatic nitrogens is 6. The van der Waals surface area contributed by atoms with Crippen LogP contribution in [0.1, 0.15) is 38.3 Å². The summed E-state index contributed by atoms with van der Waals surface area (Å²) in [4.78, 5) is 43.2. The van der Waals surface area contributed by atoms with E-state index in [-0.39, 0.29) is 28.9 Å². The predicted octanol–water partition coefficient (Wildman–Crippen LogP) is 4.65. The molecule has 2 aliphatic rings. The van der Waals surface area contributed by atoms with E-state index in [0.29, 0.717) is 55.5 Å². The zero-order valence-corrected chi connectivity index (χ0v) is 23.9. The summed E-state index contributed by atoms with van der Waals surface area (Å²) in [7, 11) is 0. The van der Waals surface area contributed by atoms with Gasteiger partial charge in [-0.25, -0.2) is 19.2 Å². The van der Waals surface area contributed by atoms with E-state index >= 15 is 0 Å². The molecule has 2 saturated heterocycles. The zero-order valence-electron chi connectivity index (χ0n) is 23.9. The smallest absolute Gasteiger partial charge is 0.323 e. The molecule has 0 saturated carbocycles. The minimum absolute atomic E-state index is 0.0757. The first-order valence-corrected chi connectivity index (χ1v) is 14.3. The second-order valence-corrected chi connectivity index (χ2v) is 11.8. The first-order chi connectivity index (χ1) is 20.8. The van der Waals surface area contributed by atoms with Gasteiger partial charge in [0.25, 0.3) is 0 Å². The highest BCUT2D eigenvalue weighted by Gasteiger charge is 2.48. The van der Waals surface area contributed by atoms with Gasteiger partial charge in [0, 0.05) is 55.8 Å². The summed E-state index contributed by atoms with van der Waals surface area (Å²) in [5, 5.41) is 4.40. The number of amides is 1. The maximum atomic E-state index is 14.4. The van der Waals surface area contributed by atoms with Crippen LogP contribution in [-0.4, -0.2) is 60.2 Å². The first-order valence-electron chi connectivity index (χ1n) is 14.3. The lowest BCUT2D eigenvalue weighted by molar-refractivity contribution is -0.128. The number of fused-ring (bicyclic) bond motifs is 1. The number of carbonyl (C=O) groups is 1. The minimum Gasteiger partial charge on any atom is -0.451 e. The molecule has 11 nitrogen and oxygen atoms in total. The van der Waals surface area contributed by atoms with Gasteiger partial charge in [-0.15, -0.1) is 0 Å². The maximum Gasteiger partial charge on any atom is 0.323 e. The van der Waals surface area contributed by atoms with Gasteiger partial charge in [0.2, 0.25) is 5.91 Å². The van der Waals surface area contributed by atoms with Crippen LogP contribution in [0.5, 0.6) is 11.5 Å². The number of imidazole rings is 1. The molecule has 2 aliphatic heterocycles. The number of ether oxygens (including phenoxy) is 1. The number of hydrogen-bond acceptors (Lipinski definition) is 7. The number of aromatic amines is 2. The Hall–Kier alpha value is -5.00. The number of halogens is 1. The third kappa shape index (κ3) is 5.02. The zero-order chi connectivity index (χ0) is 29.7. The Kier molecular flexibility index (Phi) is 6.48. The summed E-state index contributed by atoms with van der Waals surface area (Å²) >= 11 is 0. The summed E-state index contributed by atoms with van der Waals surface area (Å²) in [6.07, 6.45) is 6.08. The molecular formula is C31H31FN8O3. The number of likely N-dealkylation sites (tertiary alicyclic amines) is 1. The molecule has 0 aliphatic carbocycles. The van der Waals surface area contributed by atoms with Gasteiger partial charge >= 0.3 is 5.69 Å². The Morgan fingerprint density at radius 2 is 1.91 bits per heavy atom. The number of carbonyl (C=O) groups excluding carboxylic acids is 1. The van der Waals surface area contributed by atoms with E-state index in [9.17, 15) is 14.0 Å². The summed E-state index contributed by atoms with van der Waals surface area (Å²) in [6, 6.07) is 12.0. The monoisotopic (exact) mass is 582 g/mol. The third-order valence-electron chi connectivity index (χ3n) is 8.35. The fourth-order valence-electron chi connectivity index (χ4n) is 6.38. The van der Waals surface area contributed by atoms with Gasteiger partial charge in [-0.05, 0) is 62.2 Å². The van der Waals surface area contributed by atoms with Gasteiger partial charge in [-0.3, -0.25) is 9.48 Å². The molecule has 5 heterocycles. The largest absolute Gasteiger partial charge is 0.451 e. The highest BCUT2D eigenvalue weighted by Crippen LogP contribution is 2.44. The van der Waals surface area contributed by atoms with Gasteiger partial charge in [0.1, 0.15) is 17.9 Å². The number of H-pyrrole nitrogens is 2. The highest BCUT2D eigenvalue weighted by molar-refractivity contribution is 5.80. The second kappa shape index (κ2) is 10.4. The molecule has 7 rings (SSSR count). The number of anilines is 1. The lowest BCUT2D eigenvalue weighted by Gasteiger charge is -2.25. The van der Waals surface area contributed by atoms with Gasteiger partial charge in [0.15, 0.2) is 11.6 Å². The van der Waals surface area contributed by atoms with Crippen molar-refractivity contribution in [2.45, 2.75) is 39.3 Å². The van der Waals surface area contributed by atoms with Crippen molar-refractivity contribution in [1.82, 2.24) is 34.6 Å². The van der Waals surface area contributed by atoms with Crippen LogP contribution in [0.25, 0.3) is 22.3 Å². The fraction of sp³-hybridized carbons (Fsp3) is 0.323. The van der Waals surface area contributed by atoms with Crippen molar-refractivity contribution in [3.8, 4) is 22.8 Å². The Balaban J connectivity index is 1.11. The Bertz CT molecular complexity index is 1900. The van der Waals surface area contributed by atoms with Crippen LogP contribution in [0.4, 0.5) is 10.2 Å². The average Bonchev–Trinajstić information content (AvgIpc) is 3.76. The van der Waals surface area contributed by atoms with Crippen molar-refractivity contribution in [1.29, 1.82) is 0 Å². The molecule has 0 bridgehead atoms. The molecule has 1 spiro atoms. The van der Waals surface area contributed by atoms with Crippen molar-refractivity contribution in [2.24, 2.45) is 5.41 Å². The molecule has 1 atom stereocenters. The molecule has 5 aromatic rings. The van der Waals surface area contributed by atoms with Gasteiger partial charge in [-0.1, -0.05) is 6.07 Å². The molecule has 1 amide bonds. The van der Waals surface area contributed by atoms with Crippen molar-refractivity contribution in [3.05, 3.63) is 83.1 Å². The molecule has 43 heavy (non-hydrogen) atoms. The van der Waals surface area contributed by atoms with Crippen molar-refractivity contribution >= 4 is 22.8 Å². The van der Waals surface area contributed by atoms with E-state index in [2.05, 4.69) is 29.9 Å². The molecule has 3 aromatic heterocycles. The highest BCUT2D eigenvalue weighted by atomic mass is 19.1. The molecule has 2 N–H and O–H groups in total. The quantitative estimate of drug-likeness (QED) is 0.286. The van der Waals surface area contributed by atoms with Gasteiger partial charge < -0.3 is 24.5 Å². The van der Waals surface area contributed by atoms with Crippen molar-refractivity contribution in [3.63, 3.8) is 0 Å². The average molecular weight is 583 g/mol. The standard InChI is InChI=1S/C31H31FN8O3/c1-19(2)40-25(7-9-35-40)22-12-21(32)4-6-26(22)43-27-14-33-18-34-29(27)38-10-8-31(16-38)13-28(41)39(17-31)15-20-3-5-23-24(11-20)37-30(42)36-23/h3-7,9,11-12,14,18-19H,8,10,13,15-17H2,1-2H3,(H2,36,37,42). The molecular weight excluding hydrogens is 551 g/mol. The van der Waals surface area contributed by atoms with Gasteiger partial charge in [0.05, 0.1) is 22.9 Å². The van der Waals surface area contributed by atoms with E-state index in [1.165, 1.54) is 18.5 Å². The Morgan fingerprint density at radius 3 is 2.77 bits per heavy atom. The first kappa shape index (κ1) is 26.9. The molecule has 220 valence electrons. The number of benzene rings is 2. The molecule has 0 radical (unpaired) electrons. The normalized spacial score (nSPS) is 18.6. The van der Waals surface area contributed by atoms with Crippen LogP contribution in [0, 0.1) is 11.2 Å². The molecule has 1 unspecified atom stereocenters. The van der Waals surface area contributed by atoms with Crippen LogP contribution in [-0.2, 0) is 11.3 Å². The van der Waals surface area contributed by atoms with Crippen LogP contribution >= 0.6 is 0 Å². The number of rotatable bonds is 7. The number of hydrogen-bond donors (Lipinski definition) is 2. The summed E-state index contributed by atoms with van der Waals surface area (Å²) in [5.41, 5.74) is 3.29. The number of nitrogens with zero attached hydrogens (tertiary/aromatic N) is 6. The van der Waals surface area contributed by atoms with E-state index in [4.69, 9.17) is 4.74 Å². The SMILES string of the molecule is CC(C)n1nccc1-c1cc(F)ccc1Oc1cncnc1N1CCC2(CC(=O)N(Cc3ccc4[nH]c(=O)[nH]c4c3)C2)C1. The topological polar surface area (TPSA) is 125 Å². The lowest BCUT2D eigenvalue weighted by Crippen LogP contribution is -2.31. The predicted molar refractivity (Wildman–Crippen MR) is 158 cm³/mol. The summed E-state index contributed by atoms with van der Waals surface area (Å²) in [5.74, 6) is 1.30. The third-order valence-corrected chi connectivity index (χ3v) is 8.35. The van der Waals surface area contributed by atoms with E-state index < -0.39 is 0 Å². The maximum absolute atomic E-state index is 14.4. The summed E-state index contributed by atoms with van der Waals surface area (Å²) < 4.78 is 22.6.